The van der Waals surface area contributed by atoms with Crippen molar-refractivity contribution in [2.75, 3.05) is 11.1 Å². The van der Waals surface area contributed by atoms with E-state index in [0.717, 1.165) is 12.2 Å². The minimum atomic E-state index is 0.432. The van der Waals surface area contributed by atoms with Crippen molar-refractivity contribution in [2.24, 2.45) is 0 Å². The SMILES string of the molecule is CCSc1ccccc1NC1CCc2c(Br)cccc21. The minimum absolute atomic E-state index is 0.432. The fourth-order valence-electron chi connectivity index (χ4n) is 2.81. The van der Waals surface area contributed by atoms with Crippen molar-refractivity contribution < 1.29 is 0 Å². The van der Waals surface area contributed by atoms with Crippen molar-refractivity contribution in [2.45, 2.75) is 30.7 Å². The Kier molecular flexibility index (Phi) is 4.37. The summed E-state index contributed by atoms with van der Waals surface area (Å²) in [6, 6.07) is 15.6. The molecule has 3 heteroatoms. The number of fused-ring (bicyclic) bond motifs is 1. The van der Waals surface area contributed by atoms with E-state index in [1.807, 2.05) is 11.8 Å². The molecular formula is C17H18BrNS. The molecule has 1 unspecified atom stereocenters. The van der Waals surface area contributed by atoms with Crippen molar-refractivity contribution in [1.29, 1.82) is 0 Å². The van der Waals surface area contributed by atoms with Crippen LogP contribution in [0.2, 0.25) is 0 Å². The Bertz CT molecular complexity index is 612. The molecule has 0 amide bonds. The summed E-state index contributed by atoms with van der Waals surface area (Å²) in [5, 5.41) is 3.74. The van der Waals surface area contributed by atoms with Gasteiger partial charge >= 0.3 is 0 Å². The number of hydrogen-bond acceptors (Lipinski definition) is 2. The van der Waals surface area contributed by atoms with Crippen molar-refractivity contribution in [3.05, 3.63) is 58.1 Å². The number of hydrogen-bond donors (Lipinski definition) is 1. The first-order valence-electron chi connectivity index (χ1n) is 7.05. The molecule has 0 bridgehead atoms. The van der Waals surface area contributed by atoms with Gasteiger partial charge in [-0.15, -0.1) is 11.8 Å². The molecule has 1 aliphatic carbocycles. The summed E-state index contributed by atoms with van der Waals surface area (Å²) in [7, 11) is 0. The fourth-order valence-corrected chi connectivity index (χ4v) is 4.16. The molecule has 0 aliphatic heterocycles. The third-order valence-corrected chi connectivity index (χ3v) is 5.43. The molecule has 1 N–H and O–H groups in total. The molecular weight excluding hydrogens is 330 g/mol. The van der Waals surface area contributed by atoms with Gasteiger partial charge in [0.15, 0.2) is 0 Å². The normalized spacial score (nSPS) is 17.0. The van der Waals surface area contributed by atoms with E-state index in [2.05, 4.69) is 70.6 Å². The molecule has 0 saturated carbocycles. The van der Waals surface area contributed by atoms with Crippen LogP contribution in [0.15, 0.2) is 51.8 Å². The number of anilines is 1. The first-order valence-corrected chi connectivity index (χ1v) is 8.83. The molecule has 1 atom stereocenters. The minimum Gasteiger partial charge on any atom is -0.377 e. The van der Waals surface area contributed by atoms with Crippen LogP contribution in [0.3, 0.4) is 0 Å². The standard InChI is InChI=1S/C17H18BrNS/c1-2-20-17-9-4-3-8-16(17)19-15-11-10-12-13(15)6-5-7-14(12)18/h3-9,15,19H,2,10-11H2,1H3. The molecule has 0 saturated heterocycles. The van der Waals surface area contributed by atoms with Gasteiger partial charge in [0.1, 0.15) is 0 Å². The second-order valence-electron chi connectivity index (χ2n) is 4.97. The third-order valence-electron chi connectivity index (χ3n) is 3.73. The molecule has 1 nitrogen and oxygen atoms in total. The van der Waals surface area contributed by atoms with E-state index in [4.69, 9.17) is 0 Å². The average Bonchev–Trinajstić information content (AvgIpc) is 2.86. The molecule has 2 aromatic carbocycles. The van der Waals surface area contributed by atoms with E-state index in [1.54, 1.807) is 0 Å². The van der Waals surface area contributed by atoms with Gasteiger partial charge in [0.25, 0.3) is 0 Å². The molecule has 0 spiro atoms. The van der Waals surface area contributed by atoms with Gasteiger partial charge in [-0.2, -0.15) is 0 Å². The first-order chi connectivity index (χ1) is 9.79. The number of nitrogens with one attached hydrogen (secondary N) is 1. The van der Waals surface area contributed by atoms with Crippen LogP contribution < -0.4 is 5.32 Å². The van der Waals surface area contributed by atoms with Crippen LogP contribution in [-0.4, -0.2) is 5.75 Å². The molecule has 0 heterocycles. The van der Waals surface area contributed by atoms with Crippen molar-refractivity contribution in [3.8, 4) is 0 Å². The molecule has 3 rings (SSSR count). The van der Waals surface area contributed by atoms with Crippen LogP contribution >= 0.6 is 27.7 Å². The second kappa shape index (κ2) is 6.23. The van der Waals surface area contributed by atoms with Crippen molar-refractivity contribution in [3.63, 3.8) is 0 Å². The van der Waals surface area contributed by atoms with E-state index in [-0.39, 0.29) is 0 Å². The lowest BCUT2D eigenvalue weighted by atomic mass is 10.1. The van der Waals surface area contributed by atoms with Gasteiger partial charge in [-0.1, -0.05) is 47.1 Å². The largest absolute Gasteiger partial charge is 0.377 e. The van der Waals surface area contributed by atoms with E-state index in [9.17, 15) is 0 Å². The van der Waals surface area contributed by atoms with Gasteiger partial charge in [-0.05, 0) is 47.9 Å². The van der Waals surface area contributed by atoms with Crippen LogP contribution in [0.5, 0.6) is 0 Å². The molecule has 2 aromatic rings. The lowest BCUT2D eigenvalue weighted by molar-refractivity contribution is 0.759. The predicted molar refractivity (Wildman–Crippen MR) is 91.7 cm³/mol. The van der Waals surface area contributed by atoms with Crippen LogP contribution in [-0.2, 0) is 6.42 Å². The second-order valence-corrected chi connectivity index (χ2v) is 7.13. The highest BCUT2D eigenvalue weighted by Gasteiger charge is 2.24. The number of para-hydroxylation sites is 1. The Morgan fingerprint density at radius 2 is 2.05 bits per heavy atom. The zero-order valence-electron chi connectivity index (χ0n) is 11.5. The number of thioether (sulfide) groups is 1. The number of rotatable bonds is 4. The summed E-state index contributed by atoms with van der Waals surface area (Å²) in [6.07, 6.45) is 2.32. The molecule has 0 fully saturated rings. The monoisotopic (exact) mass is 347 g/mol. The maximum Gasteiger partial charge on any atom is 0.0520 e. The van der Waals surface area contributed by atoms with E-state index >= 15 is 0 Å². The third kappa shape index (κ3) is 2.75. The van der Waals surface area contributed by atoms with Crippen LogP contribution in [0.4, 0.5) is 5.69 Å². The summed E-state index contributed by atoms with van der Waals surface area (Å²) in [5.74, 6) is 1.10. The van der Waals surface area contributed by atoms with Crippen LogP contribution in [0.25, 0.3) is 0 Å². The zero-order chi connectivity index (χ0) is 13.9. The Morgan fingerprint density at radius 1 is 1.20 bits per heavy atom. The van der Waals surface area contributed by atoms with Gasteiger partial charge in [0.2, 0.25) is 0 Å². The molecule has 104 valence electrons. The zero-order valence-corrected chi connectivity index (χ0v) is 13.9. The summed E-state index contributed by atoms with van der Waals surface area (Å²) in [4.78, 5) is 1.35. The molecule has 0 aromatic heterocycles. The predicted octanol–water partition coefficient (Wildman–Crippen LogP) is 5.66. The topological polar surface area (TPSA) is 12.0 Å². The van der Waals surface area contributed by atoms with Gasteiger partial charge in [-0.3, -0.25) is 0 Å². The van der Waals surface area contributed by atoms with E-state index in [1.165, 1.54) is 32.6 Å². The van der Waals surface area contributed by atoms with E-state index in [0.29, 0.717) is 6.04 Å². The van der Waals surface area contributed by atoms with Crippen molar-refractivity contribution in [1.82, 2.24) is 0 Å². The maximum atomic E-state index is 3.74. The molecule has 0 radical (unpaired) electrons. The summed E-state index contributed by atoms with van der Waals surface area (Å²) >= 11 is 5.57. The Labute approximate surface area is 133 Å². The summed E-state index contributed by atoms with van der Waals surface area (Å²) in [6.45, 7) is 2.20. The molecule has 20 heavy (non-hydrogen) atoms. The Morgan fingerprint density at radius 3 is 2.90 bits per heavy atom. The highest BCUT2D eigenvalue weighted by molar-refractivity contribution is 9.10. The summed E-state index contributed by atoms with van der Waals surface area (Å²) in [5.41, 5.74) is 4.17. The van der Waals surface area contributed by atoms with E-state index < -0.39 is 0 Å². The lowest BCUT2D eigenvalue weighted by Gasteiger charge is -2.18. The van der Waals surface area contributed by atoms with Gasteiger partial charge in [-0.25, -0.2) is 0 Å². The molecule has 1 aliphatic rings. The average molecular weight is 348 g/mol. The van der Waals surface area contributed by atoms with Gasteiger partial charge in [0.05, 0.1) is 6.04 Å². The highest BCUT2D eigenvalue weighted by atomic mass is 79.9. The quantitative estimate of drug-likeness (QED) is 0.716. The summed E-state index contributed by atoms with van der Waals surface area (Å²) < 4.78 is 1.25. The van der Waals surface area contributed by atoms with Gasteiger partial charge in [0, 0.05) is 15.1 Å². The van der Waals surface area contributed by atoms with Crippen LogP contribution in [0.1, 0.15) is 30.5 Å². The van der Waals surface area contributed by atoms with Gasteiger partial charge < -0.3 is 5.32 Å². The fraction of sp³-hybridized carbons (Fsp3) is 0.294. The highest BCUT2D eigenvalue weighted by Crippen LogP contribution is 2.39. The Balaban J connectivity index is 1.86. The first kappa shape index (κ1) is 14.0. The lowest BCUT2D eigenvalue weighted by Crippen LogP contribution is -2.07. The van der Waals surface area contributed by atoms with Crippen molar-refractivity contribution >= 4 is 33.4 Å². The number of halogens is 1. The number of benzene rings is 2. The smallest absolute Gasteiger partial charge is 0.0520 e. The van der Waals surface area contributed by atoms with Crippen LogP contribution in [0, 0.1) is 0 Å². The Hall–Kier alpha value is -0.930. The maximum absolute atomic E-state index is 3.74.